The zero-order valence-electron chi connectivity index (χ0n) is 10.5. The molecule has 0 radical (unpaired) electrons. The van der Waals surface area contributed by atoms with Gasteiger partial charge in [-0.25, -0.2) is 0 Å². The average molecular weight is 255 g/mol. The molecule has 0 aliphatic heterocycles. The van der Waals surface area contributed by atoms with Gasteiger partial charge in [0.25, 0.3) is 0 Å². The molecule has 0 heterocycles. The standard InChI is InChI=1S/C14H19ClO2/c1-9(2)16-10(3)17-14-12-7-5-4-6-11(12)8-13(14)15/h4-7,9-10,13-14H,8H2,1-3H3. The van der Waals surface area contributed by atoms with Crippen LogP contribution in [0.3, 0.4) is 0 Å². The Kier molecular flexibility index (Phi) is 4.08. The Hall–Kier alpha value is -0.570. The minimum absolute atomic E-state index is 0.00520. The van der Waals surface area contributed by atoms with Crippen LogP contribution in [0.4, 0.5) is 0 Å². The quantitative estimate of drug-likeness (QED) is 0.603. The lowest BCUT2D eigenvalue weighted by Crippen LogP contribution is -2.23. The lowest BCUT2D eigenvalue weighted by molar-refractivity contribution is -0.177. The lowest BCUT2D eigenvalue weighted by Gasteiger charge is -2.23. The third kappa shape index (κ3) is 3.01. The van der Waals surface area contributed by atoms with E-state index in [0.29, 0.717) is 0 Å². The van der Waals surface area contributed by atoms with Crippen LogP contribution in [0.5, 0.6) is 0 Å². The third-order valence-corrected chi connectivity index (χ3v) is 3.29. The Morgan fingerprint density at radius 3 is 2.65 bits per heavy atom. The number of rotatable bonds is 4. The molecule has 0 aromatic heterocycles. The van der Waals surface area contributed by atoms with Gasteiger partial charge in [-0.1, -0.05) is 24.3 Å². The zero-order valence-corrected chi connectivity index (χ0v) is 11.3. The smallest absolute Gasteiger partial charge is 0.156 e. The molecule has 0 saturated carbocycles. The van der Waals surface area contributed by atoms with E-state index in [1.807, 2.05) is 32.9 Å². The van der Waals surface area contributed by atoms with Gasteiger partial charge in [0.05, 0.1) is 11.5 Å². The van der Waals surface area contributed by atoms with E-state index in [2.05, 4.69) is 12.1 Å². The fourth-order valence-electron chi connectivity index (χ4n) is 2.29. The molecule has 1 aromatic carbocycles. The molecule has 1 aliphatic rings. The van der Waals surface area contributed by atoms with Gasteiger partial charge >= 0.3 is 0 Å². The number of fused-ring (bicyclic) bond motifs is 1. The molecule has 0 spiro atoms. The largest absolute Gasteiger partial charge is 0.350 e. The molecule has 0 saturated heterocycles. The summed E-state index contributed by atoms with van der Waals surface area (Å²) in [5.41, 5.74) is 2.49. The summed E-state index contributed by atoms with van der Waals surface area (Å²) in [5, 5.41) is 0.00520. The number of hydrogen-bond acceptors (Lipinski definition) is 2. The first-order chi connectivity index (χ1) is 8.08. The summed E-state index contributed by atoms with van der Waals surface area (Å²) >= 11 is 6.34. The summed E-state index contributed by atoms with van der Waals surface area (Å²) in [6.07, 6.45) is 0.751. The van der Waals surface area contributed by atoms with Crippen molar-refractivity contribution in [3.05, 3.63) is 35.4 Å². The van der Waals surface area contributed by atoms with Gasteiger partial charge in [0.2, 0.25) is 0 Å². The first-order valence-corrected chi connectivity index (χ1v) is 6.54. The fourth-order valence-corrected chi connectivity index (χ4v) is 2.65. The molecule has 0 bridgehead atoms. The van der Waals surface area contributed by atoms with Gasteiger partial charge in [-0.15, -0.1) is 11.6 Å². The molecular weight excluding hydrogens is 236 g/mol. The molecule has 3 unspecified atom stereocenters. The molecule has 3 atom stereocenters. The fraction of sp³-hybridized carbons (Fsp3) is 0.571. The molecule has 94 valence electrons. The highest BCUT2D eigenvalue weighted by atomic mass is 35.5. The second-order valence-corrected chi connectivity index (χ2v) is 5.29. The van der Waals surface area contributed by atoms with Crippen LogP contribution in [-0.4, -0.2) is 17.8 Å². The predicted octanol–water partition coefficient (Wildman–Crippen LogP) is 3.68. The van der Waals surface area contributed by atoms with Gasteiger partial charge in [-0.2, -0.15) is 0 Å². The van der Waals surface area contributed by atoms with Gasteiger partial charge in [-0.05, 0) is 38.3 Å². The van der Waals surface area contributed by atoms with E-state index in [0.717, 1.165) is 6.42 Å². The predicted molar refractivity (Wildman–Crippen MR) is 69.3 cm³/mol. The van der Waals surface area contributed by atoms with E-state index in [9.17, 15) is 0 Å². The maximum atomic E-state index is 6.34. The van der Waals surface area contributed by atoms with Crippen LogP contribution in [0, 0.1) is 0 Å². The van der Waals surface area contributed by atoms with E-state index in [1.165, 1.54) is 11.1 Å². The van der Waals surface area contributed by atoms with Gasteiger partial charge in [-0.3, -0.25) is 0 Å². The van der Waals surface area contributed by atoms with Crippen molar-refractivity contribution < 1.29 is 9.47 Å². The van der Waals surface area contributed by atoms with Crippen molar-refractivity contribution in [2.45, 2.75) is 51.1 Å². The van der Waals surface area contributed by atoms with Gasteiger partial charge in [0.15, 0.2) is 6.29 Å². The summed E-state index contributed by atoms with van der Waals surface area (Å²) < 4.78 is 11.5. The molecule has 3 heteroatoms. The van der Waals surface area contributed by atoms with Crippen LogP contribution in [0.25, 0.3) is 0 Å². The molecule has 1 aliphatic carbocycles. The number of benzene rings is 1. The van der Waals surface area contributed by atoms with Gasteiger partial charge < -0.3 is 9.47 Å². The summed E-state index contributed by atoms with van der Waals surface area (Å²) in [7, 11) is 0. The van der Waals surface area contributed by atoms with Crippen molar-refractivity contribution in [2.75, 3.05) is 0 Å². The summed E-state index contributed by atoms with van der Waals surface area (Å²) in [4.78, 5) is 0. The number of ether oxygens (including phenoxy) is 2. The van der Waals surface area contributed by atoms with E-state index in [1.54, 1.807) is 0 Å². The van der Waals surface area contributed by atoms with Crippen molar-refractivity contribution in [3.63, 3.8) is 0 Å². The summed E-state index contributed by atoms with van der Waals surface area (Å²) in [5.74, 6) is 0. The average Bonchev–Trinajstić information content (AvgIpc) is 2.55. The molecule has 2 rings (SSSR count). The maximum absolute atomic E-state index is 6.34. The normalized spacial score (nSPS) is 25.0. The molecule has 0 N–H and O–H groups in total. The van der Waals surface area contributed by atoms with Crippen molar-refractivity contribution in [1.82, 2.24) is 0 Å². The van der Waals surface area contributed by atoms with Gasteiger partial charge in [0, 0.05) is 0 Å². The molecule has 2 nitrogen and oxygen atoms in total. The first kappa shape index (κ1) is 12.9. The minimum atomic E-state index is -0.229. The topological polar surface area (TPSA) is 18.5 Å². The van der Waals surface area contributed by atoms with Crippen molar-refractivity contribution in [3.8, 4) is 0 Å². The van der Waals surface area contributed by atoms with Crippen LogP contribution in [0.1, 0.15) is 38.0 Å². The zero-order chi connectivity index (χ0) is 12.4. The van der Waals surface area contributed by atoms with Crippen LogP contribution >= 0.6 is 11.6 Å². The Labute approximate surface area is 108 Å². The monoisotopic (exact) mass is 254 g/mol. The second-order valence-electron chi connectivity index (χ2n) is 4.73. The SMILES string of the molecule is CC(C)OC(C)OC1c2ccccc2CC1Cl. The van der Waals surface area contributed by atoms with Crippen molar-refractivity contribution >= 4 is 11.6 Å². The Morgan fingerprint density at radius 2 is 1.94 bits per heavy atom. The van der Waals surface area contributed by atoms with E-state index in [-0.39, 0.29) is 23.9 Å². The number of hydrogen-bond donors (Lipinski definition) is 0. The van der Waals surface area contributed by atoms with E-state index < -0.39 is 0 Å². The number of alkyl halides is 1. The maximum Gasteiger partial charge on any atom is 0.156 e. The van der Waals surface area contributed by atoms with Crippen molar-refractivity contribution in [1.29, 1.82) is 0 Å². The van der Waals surface area contributed by atoms with Crippen LogP contribution in [0.2, 0.25) is 0 Å². The second kappa shape index (κ2) is 5.38. The molecule has 0 fully saturated rings. The highest BCUT2D eigenvalue weighted by Gasteiger charge is 2.32. The van der Waals surface area contributed by atoms with Gasteiger partial charge in [0.1, 0.15) is 6.10 Å². The van der Waals surface area contributed by atoms with Crippen molar-refractivity contribution in [2.24, 2.45) is 0 Å². The Morgan fingerprint density at radius 1 is 1.24 bits per heavy atom. The van der Waals surface area contributed by atoms with E-state index in [4.69, 9.17) is 21.1 Å². The molecule has 0 amide bonds. The summed E-state index contributed by atoms with van der Waals surface area (Å²) in [6, 6.07) is 8.27. The highest BCUT2D eigenvalue weighted by Crippen LogP contribution is 2.38. The highest BCUT2D eigenvalue weighted by molar-refractivity contribution is 6.21. The van der Waals surface area contributed by atoms with Crippen LogP contribution < -0.4 is 0 Å². The molecule has 1 aromatic rings. The lowest BCUT2D eigenvalue weighted by atomic mass is 10.1. The molecular formula is C14H19ClO2. The third-order valence-electron chi connectivity index (χ3n) is 2.91. The first-order valence-electron chi connectivity index (χ1n) is 6.10. The minimum Gasteiger partial charge on any atom is -0.350 e. The number of halogens is 1. The Balaban J connectivity index is 2.06. The van der Waals surface area contributed by atoms with E-state index >= 15 is 0 Å². The summed E-state index contributed by atoms with van der Waals surface area (Å²) in [6.45, 7) is 5.92. The molecule has 17 heavy (non-hydrogen) atoms. The van der Waals surface area contributed by atoms with Crippen LogP contribution in [-0.2, 0) is 15.9 Å². The Bertz CT molecular complexity index is 378. The van der Waals surface area contributed by atoms with Crippen LogP contribution in [0.15, 0.2) is 24.3 Å².